The summed E-state index contributed by atoms with van der Waals surface area (Å²) >= 11 is 11.9. The van der Waals surface area contributed by atoms with Crippen molar-refractivity contribution in [3.05, 3.63) is 33.8 Å². The van der Waals surface area contributed by atoms with Crippen LogP contribution in [0.3, 0.4) is 0 Å². The molecule has 2 unspecified atom stereocenters. The van der Waals surface area contributed by atoms with Crippen LogP contribution in [0, 0.1) is 0 Å². The number of nitrogens with two attached hydrogens (primary N) is 1. The Morgan fingerprint density at radius 1 is 1.41 bits per heavy atom. The van der Waals surface area contributed by atoms with Gasteiger partial charge in [0.15, 0.2) is 0 Å². The van der Waals surface area contributed by atoms with Crippen molar-refractivity contribution in [2.24, 2.45) is 5.84 Å². The number of rotatable bonds is 5. The fourth-order valence-corrected chi connectivity index (χ4v) is 2.09. The molecule has 1 aromatic carbocycles. The molecule has 3 N–H and O–H groups in total. The highest BCUT2D eigenvalue weighted by Gasteiger charge is 2.33. The molecule has 17 heavy (non-hydrogen) atoms. The fraction of sp³-hybridized carbons (Fsp3) is 0.500. The molecule has 0 amide bonds. The van der Waals surface area contributed by atoms with Crippen molar-refractivity contribution in [2.45, 2.75) is 31.9 Å². The number of halogens is 2. The van der Waals surface area contributed by atoms with Crippen LogP contribution in [0.15, 0.2) is 18.2 Å². The van der Waals surface area contributed by atoms with Crippen molar-refractivity contribution in [1.82, 2.24) is 5.43 Å². The molecule has 1 aromatic rings. The topological polar surface area (TPSA) is 47.3 Å². The van der Waals surface area contributed by atoms with Gasteiger partial charge in [0, 0.05) is 7.11 Å². The van der Waals surface area contributed by atoms with E-state index in [0.717, 1.165) is 12.0 Å². The van der Waals surface area contributed by atoms with Crippen molar-refractivity contribution in [3.63, 3.8) is 0 Å². The zero-order valence-corrected chi connectivity index (χ0v) is 11.8. The second kappa shape index (κ2) is 6.03. The minimum Gasteiger partial charge on any atom is -0.376 e. The number of ether oxygens (including phenoxy) is 1. The molecule has 0 aliphatic carbocycles. The first kappa shape index (κ1) is 14.7. The quantitative estimate of drug-likeness (QED) is 0.641. The van der Waals surface area contributed by atoms with Gasteiger partial charge in [0.25, 0.3) is 0 Å². The van der Waals surface area contributed by atoms with Crippen LogP contribution >= 0.6 is 23.2 Å². The maximum atomic E-state index is 6.01. The molecular formula is C12H18Cl2N2O. The third kappa shape index (κ3) is 3.12. The minimum atomic E-state index is -0.397. The van der Waals surface area contributed by atoms with Crippen molar-refractivity contribution in [3.8, 4) is 0 Å². The lowest BCUT2D eigenvalue weighted by atomic mass is 9.88. The van der Waals surface area contributed by atoms with Gasteiger partial charge in [-0.15, -0.1) is 0 Å². The average Bonchev–Trinajstić information content (AvgIpc) is 2.34. The molecule has 0 saturated carbocycles. The average molecular weight is 277 g/mol. The highest BCUT2D eigenvalue weighted by atomic mass is 35.5. The van der Waals surface area contributed by atoms with Gasteiger partial charge in [0.1, 0.15) is 0 Å². The van der Waals surface area contributed by atoms with Crippen molar-refractivity contribution < 1.29 is 4.74 Å². The van der Waals surface area contributed by atoms with Crippen molar-refractivity contribution >= 4 is 23.2 Å². The number of methoxy groups -OCH3 is 1. The lowest BCUT2D eigenvalue weighted by molar-refractivity contribution is -0.0300. The number of hydrogen-bond acceptors (Lipinski definition) is 3. The van der Waals surface area contributed by atoms with Gasteiger partial charge in [-0.05, 0) is 31.0 Å². The largest absolute Gasteiger partial charge is 0.376 e. The number of hydrazine groups is 1. The standard InChI is InChI=1S/C12H18Cl2N2O/c1-4-12(2,17-3)11(16-15)8-5-6-9(13)10(14)7-8/h5-7,11,16H,4,15H2,1-3H3. The van der Waals surface area contributed by atoms with Gasteiger partial charge in [0.05, 0.1) is 21.7 Å². The van der Waals surface area contributed by atoms with Crippen LogP contribution in [0.1, 0.15) is 31.9 Å². The first-order chi connectivity index (χ1) is 7.98. The number of hydrogen-bond donors (Lipinski definition) is 2. The van der Waals surface area contributed by atoms with Crippen molar-refractivity contribution in [2.75, 3.05) is 7.11 Å². The Morgan fingerprint density at radius 2 is 2.06 bits per heavy atom. The predicted molar refractivity (Wildman–Crippen MR) is 72.2 cm³/mol. The third-order valence-corrected chi connectivity index (χ3v) is 3.96. The molecule has 0 radical (unpaired) electrons. The molecular weight excluding hydrogens is 259 g/mol. The Bertz CT molecular complexity index is 381. The van der Waals surface area contributed by atoms with E-state index in [1.54, 1.807) is 19.2 Å². The molecule has 0 spiro atoms. The molecule has 0 fully saturated rings. The molecule has 2 atom stereocenters. The molecule has 0 aliphatic heterocycles. The van der Waals surface area contributed by atoms with E-state index in [0.29, 0.717) is 10.0 Å². The third-order valence-electron chi connectivity index (χ3n) is 3.22. The van der Waals surface area contributed by atoms with E-state index in [1.807, 2.05) is 19.9 Å². The molecule has 96 valence electrons. The molecule has 0 aromatic heterocycles. The Kier molecular flexibility index (Phi) is 5.22. The second-order valence-electron chi connectivity index (χ2n) is 4.14. The first-order valence-electron chi connectivity index (χ1n) is 5.44. The van der Waals surface area contributed by atoms with Gasteiger partial charge < -0.3 is 4.74 Å². The van der Waals surface area contributed by atoms with Gasteiger partial charge >= 0.3 is 0 Å². The van der Waals surface area contributed by atoms with Gasteiger partial charge in [-0.2, -0.15) is 0 Å². The lowest BCUT2D eigenvalue weighted by Crippen LogP contribution is -2.45. The maximum Gasteiger partial charge on any atom is 0.0854 e. The highest BCUT2D eigenvalue weighted by molar-refractivity contribution is 6.42. The summed E-state index contributed by atoms with van der Waals surface area (Å²) in [6.07, 6.45) is 0.818. The van der Waals surface area contributed by atoms with Crippen molar-refractivity contribution in [1.29, 1.82) is 0 Å². The molecule has 3 nitrogen and oxygen atoms in total. The van der Waals surface area contributed by atoms with Crippen LogP contribution in [0.4, 0.5) is 0 Å². The molecule has 0 heterocycles. The summed E-state index contributed by atoms with van der Waals surface area (Å²) in [6, 6.07) is 5.31. The molecule has 5 heteroatoms. The van der Waals surface area contributed by atoms with Gasteiger partial charge in [0.2, 0.25) is 0 Å². The van der Waals surface area contributed by atoms with Crippen LogP contribution in [-0.2, 0) is 4.74 Å². The van der Waals surface area contributed by atoms with E-state index in [1.165, 1.54) is 0 Å². The van der Waals surface area contributed by atoms with E-state index in [9.17, 15) is 0 Å². The predicted octanol–water partition coefficient (Wildman–Crippen LogP) is 3.31. The Morgan fingerprint density at radius 3 is 2.47 bits per heavy atom. The summed E-state index contributed by atoms with van der Waals surface area (Å²) in [6.45, 7) is 4.05. The number of benzene rings is 1. The first-order valence-corrected chi connectivity index (χ1v) is 6.20. The lowest BCUT2D eigenvalue weighted by Gasteiger charge is -2.35. The maximum absolute atomic E-state index is 6.01. The Balaban J connectivity index is 3.13. The van der Waals surface area contributed by atoms with E-state index in [2.05, 4.69) is 5.43 Å². The molecule has 0 aliphatic rings. The zero-order chi connectivity index (χ0) is 13.1. The molecule has 0 saturated heterocycles. The fourth-order valence-electron chi connectivity index (χ4n) is 1.78. The summed E-state index contributed by atoms with van der Waals surface area (Å²) in [5.41, 5.74) is 3.34. The van der Waals surface area contributed by atoms with E-state index in [-0.39, 0.29) is 6.04 Å². The van der Waals surface area contributed by atoms with Gasteiger partial charge in [-0.3, -0.25) is 11.3 Å². The van der Waals surface area contributed by atoms with E-state index >= 15 is 0 Å². The van der Waals surface area contributed by atoms with E-state index < -0.39 is 5.60 Å². The minimum absolute atomic E-state index is 0.146. The summed E-state index contributed by atoms with van der Waals surface area (Å²) in [5.74, 6) is 5.62. The summed E-state index contributed by atoms with van der Waals surface area (Å²) in [4.78, 5) is 0. The normalized spacial score (nSPS) is 16.6. The van der Waals surface area contributed by atoms with Crippen LogP contribution in [0.5, 0.6) is 0 Å². The van der Waals surface area contributed by atoms with Crippen LogP contribution in [0.2, 0.25) is 10.0 Å². The second-order valence-corrected chi connectivity index (χ2v) is 4.96. The molecule has 0 bridgehead atoms. The monoisotopic (exact) mass is 276 g/mol. The summed E-state index contributed by atoms with van der Waals surface area (Å²) < 4.78 is 5.55. The van der Waals surface area contributed by atoms with Crippen LogP contribution < -0.4 is 11.3 Å². The summed E-state index contributed by atoms with van der Waals surface area (Å²) in [7, 11) is 1.67. The smallest absolute Gasteiger partial charge is 0.0854 e. The SMILES string of the molecule is CCC(C)(OC)C(NN)c1ccc(Cl)c(Cl)c1. The highest BCUT2D eigenvalue weighted by Crippen LogP contribution is 2.33. The van der Waals surface area contributed by atoms with Crippen LogP contribution in [-0.4, -0.2) is 12.7 Å². The Labute approximate surface area is 112 Å². The summed E-state index contributed by atoms with van der Waals surface area (Å²) in [5, 5.41) is 1.04. The zero-order valence-electron chi connectivity index (χ0n) is 10.3. The Hall–Kier alpha value is -0.320. The van der Waals surface area contributed by atoms with Gasteiger partial charge in [-0.1, -0.05) is 36.2 Å². The van der Waals surface area contributed by atoms with E-state index in [4.69, 9.17) is 33.8 Å². The van der Waals surface area contributed by atoms with Gasteiger partial charge in [-0.25, -0.2) is 0 Å². The number of nitrogens with one attached hydrogen (secondary N) is 1. The van der Waals surface area contributed by atoms with Crippen LogP contribution in [0.25, 0.3) is 0 Å². The molecule has 1 rings (SSSR count).